The molecule has 5 atom stereocenters. The molecule has 3 amide bonds. The van der Waals surface area contributed by atoms with Crippen molar-refractivity contribution < 1.29 is 19.1 Å². The average Bonchev–Trinajstić information content (AvgIpc) is 3.40. The number of nitrogens with one attached hydrogen (secondary N) is 2. The second-order valence-corrected chi connectivity index (χ2v) is 8.79. The van der Waals surface area contributed by atoms with Crippen molar-refractivity contribution in [2.75, 3.05) is 26.3 Å². The summed E-state index contributed by atoms with van der Waals surface area (Å²) in [5, 5.41) is 5.53. The van der Waals surface area contributed by atoms with Crippen LogP contribution in [-0.2, 0) is 14.3 Å². The number of rotatable bonds is 5. The summed E-state index contributed by atoms with van der Waals surface area (Å²) in [5.41, 5.74) is 0. The third-order valence-electron chi connectivity index (χ3n) is 7.02. The minimum absolute atomic E-state index is 0.100. The quantitative estimate of drug-likeness (QED) is 0.762. The molecule has 7 nitrogen and oxygen atoms in total. The maximum atomic E-state index is 12.4. The number of piperidine rings is 1. The van der Waals surface area contributed by atoms with Gasteiger partial charge in [0, 0.05) is 6.04 Å². The van der Waals surface area contributed by atoms with Crippen LogP contribution < -0.4 is 10.6 Å². The molecule has 0 spiro atoms. The van der Waals surface area contributed by atoms with Gasteiger partial charge < -0.3 is 14.8 Å². The lowest BCUT2D eigenvalue weighted by atomic mass is 9.84. The van der Waals surface area contributed by atoms with Crippen LogP contribution in [0, 0.1) is 17.8 Å². The van der Waals surface area contributed by atoms with Crippen LogP contribution in [0.1, 0.15) is 51.9 Å². The predicted octanol–water partition coefficient (Wildman–Crippen LogP) is 1.86. The summed E-state index contributed by atoms with van der Waals surface area (Å²) in [6.07, 6.45) is 8.08. The summed E-state index contributed by atoms with van der Waals surface area (Å²) in [5.74, 6) is 1.91. The van der Waals surface area contributed by atoms with E-state index in [9.17, 15) is 9.59 Å². The Morgan fingerprint density at radius 1 is 1.11 bits per heavy atom. The van der Waals surface area contributed by atoms with Crippen molar-refractivity contribution in [3.8, 4) is 0 Å². The van der Waals surface area contributed by atoms with E-state index in [2.05, 4.69) is 22.5 Å². The molecule has 2 heterocycles. The van der Waals surface area contributed by atoms with Crippen LogP contribution in [0.4, 0.5) is 4.79 Å². The second kappa shape index (κ2) is 8.45. The maximum absolute atomic E-state index is 12.4. The van der Waals surface area contributed by atoms with Gasteiger partial charge in [-0.3, -0.25) is 15.0 Å². The molecular formula is C20H33N3O4. The number of nitrogens with zero attached hydrogens (tertiary/aromatic N) is 1. The predicted molar refractivity (Wildman–Crippen MR) is 100.0 cm³/mol. The number of urea groups is 1. The summed E-state index contributed by atoms with van der Waals surface area (Å²) in [6, 6.07) is -0.142. The number of amides is 3. The SMILES string of the molecule is CC(NC(=O)NC(=O)CN1CCCCC1C1OCCO1)C1CC2CCC1C2. The number of fused-ring (bicyclic) bond motifs is 2. The topological polar surface area (TPSA) is 79.9 Å². The highest BCUT2D eigenvalue weighted by Crippen LogP contribution is 2.49. The molecule has 152 valence electrons. The first kappa shape index (κ1) is 19.2. The fraction of sp³-hybridized carbons (Fsp3) is 0.900. The summed E-state index contributed by atoms with van der Waals surface area (Å²) in [7, 11) is 0. The number of carbonyl (C=O) groups excluding carboxylic acids is 2. The van der Waals surface area contributed by atoms with E-state index >= 15 is 0 Å². The van der Waals surface area contributed by atoms with Gasteiger partial charge in [-0.05, 0) is 63.3 Å². The standard InChI is InChI=1S/C20H33N3O4/c1-13(16-11-14-5-6-15(16)10-14)21-20(25)22-18(24)12-23-7-3-2-4-17(23)19-26-8-9-27-19/h13-17,19H,2-12H2,1H3,(H2,21,22,24,25). The van der Waals surface area contributed by atoms with E-state index in [0.717, 1.165) is 37.6 Å². The number of ether oxygens (including phenoxy) is 2. The zero-order valence-electron chi connectivity index (χ0n) is 16.3. The molecule has 4 fully saturated rings. The van der Waals surface area contributed by atoms with Crippen molar-refractivity contribution in [2.24, 2.45) is 17.8 Å². The molecule has 0 radical (unpaired) electrons. The average molecular weight is 380 g/mol. The zero-order chi connectivity index (χ0) is 18.8. The van der Waals surface area contributed by atoms with E-state index in [-0.39, 0.29) is 36.9 Å². The fourth-order valence-electron chi connectivity index (χ4n) is 5.73. The van der Waals surface area contributed by atoms with Crippen molar-refractivity contribution in [2.45, 2.75) is 70.2 Å². The molecule has 2 saturated heterocycles. The van der Waals surface area contributed by atoms with E-state index in [4.69, 9.17) is 9.47 Å². The highest BCUT2D eigenvalue weighted by atomic mass is 16.7. The number of likely N-dealkylation sites (tertiary alicyclic amines) is 1. The first-order valence-corrected chi connectivity index (χ1v) is 10.7. The zero-order valence-corrected chi connectivity index (χ0v) is 16.3. The monoisotopic (exact) mass is 379 g/mol. The van der Waals surface area contributed by atoms with Crippen LogP contribution in [0.3, 0.4) is 0 Å². The van der Waals surface area contributed by atoms with Gasteiger partial charge in [0.25, 0.3) is 0 Å². The summed E-state index contributed by atoms with van der Waals surface area (Å²) in [6.45, 7) is 4.36. The van der Waals surface area contributed by atoms with Crippen LogP contribution >= 0.6 is 0 Å². The summed E-state index contributed by atoms with van der Waals surface area (Å²) >= 11 is 0. The molecule has 5 unspecified atom stereocenters. The number of hydrogen-bond acceptors (Lipinski definition) is 5. The Morgan fingerprint density at radius 3 is 2.63 bits per heavy atom. The molecule has 2 aliphatic carbocycles. The van der Waals surface area contributed by atoms with Gasteiger partial charge in [-0.25, -0.2) is 4.79 Å². The lowest BCUT2D eigenvalue weighted by Gasteiger charge is -2.37. The van der Waals surface area contributed by atoms with Gasteiger partial charge in [-0.15, -0.1) is 0 Å². The van der Waals surface area contributed by atoms with Crippen molar-refractivity contribution in [1.82, 2.24) is 15.5 Å². The molecule has 0 aromatic rings. The van der Waals surface area contributed by atoms with Crippen LogP contribution in [-0.4, -0.2) is 61.5 Å². The minimum atomic E-state index is -0.364. The Labute approximate surface area is 161 Å². The van der Waals surface area contributed by atoms with Crippen molar-refractivity contribution in [3.05, 3.63) is 0 Å². The van der Waals surface area contributed by atoms with E-state index in [1.807, 2.05) is 0 Å². The fourth-order valence-corrected chi connectivity index (χ4v) is 5.73. The van der Waals surface area contributed by atoms with Gasteiger partial charge in [0.05, 0.1) is 25.8 Å². The third-order valence-corrected chi connectivity index (χ3v) is 7.02. The molecular weight excluding hydrogens is 346 g/mol. The Balaban J connectivity index is 1.23. The lowest BCUT2D eigenvalue weighted by Crippen LogP contribution is -2.53. The van der Waals surface area contributed by atoms with Gasteiger partial charge in [0.2, 0.25) is 5.91 Å². The molecule has 7 heteroatoms. The van der Waals surface area contributed by atoms with E-state index < -0.39 is 0 Å². The minimum Gasteiger partial charge on any atom is -0.349 e. The Morgan fingerprint density at radius 2 is 1.93 bits per heavy atom. The number of hydrogen-bond donors (Lipinski definition) is 2. The van der Waals surface area contributed by atoms with Crippen LogP contribution in [0.25, 0.3) is 0 Å². The molecule has 0 aromatic carbocycles. The normalized spacial score (nSPS) is 35.3. The van der Waals surface area contributed by atoms with Crippen molar-refractivity contribution in [3.63, 3.8) is 0 Å². The van der Waals surface area contributed by atoms with Crippen molar-refractivity contribution in [1.29, 1.82) is 0 Å². The van der Waals surface area contributed by atoms with Crippen LogP contribution in [0.15, 0.2) is 0 Å². The van der Waals surface area contributed by atoms with Crippen LogP contribution in [0.5, 0.6) is 0 Å². The summed E-state index contributed by atoms with van der Waals surface area (Å²) < 4.78 is 11.3. The second-order valence-electron chi connectivity index (χ2n) is 8.79. The lowest BCUT2D eigenvalue weighted by molar-refractivity contribution is -0.130. The molecule has 4 aliphatic rings. The highest BCUT2D eigenvalue weighted by Gasteiger charge is 2.42. The molecule has 27 heavy (non-hydrogen) atoms. The number of imide groups is 1. The van der Waals surface area contributed by atoms with Gasteiger partial charge in [-0.1, -0.05) is 12.8 Å². The molecule has 2 saturated carbocycles. The smallest absolute Gasteiger partial charge is 0.321 e. The van der Waals surface area contributed by atoms with Gasteiger partial charge >= 0.3 is 6.03 Å². The highest BCUT2D eigenvalue weighted by molar-refractivity contribution is 5.95. The molecule has 2 bridgehead atoms. The molecule has 2 N–H and O–H groups in total. The first-order chi connectivity index (χ1) is 13.1. The third kappa shape index (κ3) is 4.46. The van der Waals surface area contributed by atoms with Crippen molar-refractivity contribution >= 4 is 11.9 Å². The van der Waals surface area contributed by atoms with E-state index in [0.29, 0.717) is 19.1 Å². The van der Waals surface area contributed by atoms with E-state index in [1.54, 1.807) is 0 Å². The van der Waals surface area contributed by atoms with Crippen LogP contribution in [0.2, 0.25) is 0 Å². The Bertz CT molecular complexity index is 551. The van der Waals surface area contributed by atoms with Gasteiger partial charge in [-0.2, -0.15) is 0 Å². The van der Waals surface area contributed by atoms with Gasteiger partial charge in [0.1, 0.15) is 0 Å². The summed E-state index contributed by atoms with van der Waals surface area (Å²) in [4.78, 5) is 26.8. The Kier molecular flexibility index (Phi) is 5.99. The largest absolute Gasteiger partial charge is 0.349 e. The number of carbonyl (C=O) groups is 2. The molecule has 0 aromatic heterocycles. The molecule has 4 rings (SSSR count). The van der Waals surface area contributed by atoms with Gasteiger partial charge in [0.15, 0.2) is 6.29 Å². The maximum Gasteiger partial charge on any atom is 0.321 e. The van der Waals surface area contributed by atoms with E-state index in [1.165, 1.54) is 25.7 Å². The first-order valence-electron chi connectivity index (χ1n) is 10.7. The molecule has 2 aliphatic heterocycles. The Hall–Kier alpha value is -1.18.